The third-order valence-electron chi connectivity index (χ3n) is 4.13. The fourth-order valence-corrected chi connectivity index (χ4v) is 2.60. The van der Waals surface area contributed by atoms with Crippen LogP contribution in [0.1, 0.15) is 43.9 Å². The Labute approximate surface area is 158 Å². The third-order valence-corrected chi connectivity index (χ3v) is 4.13. The highest BCUT2D eigenvalue weighted by atomic mass is 19.1. The predicted octanol–water partition coefficient (Wildman–Crippen LogP) is 3.07. The van der Waals surface area contributed by atoms with Gasteiger partial charge in [0.1, 0.15) is 11.9 Å². The van der Waals surface area contributed by atoms with Gasteiger partial charge in [-0.15, -0.1) is 0 Å². The van der Waals surface area contributed by atoms with Crippen molar-refractivity contribution < 1.29 is 14.0 Å². The molecule has 2 rings (SSSR count). The number of carbonyl (C=O) groups is 2. The van der Waals surface area contributed by atoms with Gasteiger partial charge in [0, 0.05) is 18.9 Å². The van der Waals surface area contributed by atoms with E-state index in [2.05, 4.69) is 20.9 Å². The number of amides is 3. The standard InChI is InChI=1S/C20H25FN4O2/c1-3-4-18(19(26)24-14(2)16-9-11-22-12-10-16)25-20(27)23-13-15-5-7-17(21)8-6-15/h5-12,14,18H,3-4,13H2,1-2H3,(H,24,26)(H2,23,25,27). The first kappa shape index (κ1) is 20.4. The molecule has 2 unspecified atom stereocenters. The molecule has 6 nitrogen and oxygen atoms in total. The Morgan fingerprint density at radius 2 is 1.74 bits per heavy atom. The van der Waals surface area contributed by atoms with E-state index in [4.69, 9.17) is 0 Å². The minimum absolute atomic E-state index is 0.191. The molecule has 1 aromatic carbocycles. The predicted molar refractivity (Wildman–Crippen MR) is 101 cm³/mol. The van der Waals surface area contributed by atoms with Crippen molar-refractivity contribution in [2.45, 2.75) is 45.3 Å². The van der Waals surface area contributed by atoms with Gasteiger partial charge in [-0.1, -0.05) is 25.5 Å². The Balaban J connectivity index is 1.88. The average Bonchev–Trinajstić information content (AvgIpc) is 2.68. The number of rotatable bonds is 8. The van der Waals surface area contributed by atoms with Gasteiger partial charge in [0.05, 0.1) is 6.04 Å². The Kier molecular flexibility index (Phi) is 7.73. The number of hydrogen-bond acceptors (Lipinski definition) is 3. The minimum atomic E-state index is -0.632. The molecule has 0 bridgehead atoms. The molecule has 27 heavy (non-hydrogen) atoms. The lowest BCUT2D eigenvalue weighted by Gasteiger charge is -2.21. The van der Waals surface area contributed by atoms with Crippen LogP contribution in [0, 0.1) is 5.82 Å². The van der Waals surface area contributed by atoms with Gasteiger partial charge in [0.2, 0.25) is 5.91 Å². The number of aromatic nitrogens is 1. The summed E-state index contributed by atoms with van der Waals surface area (Å²) in [5.41, 5.74) is 1.71. The second kappa shape index (κ2) is 10.3. The molecule has 144 valence electrons. The molecule has 1 aromatic heterocycles. The minimum Gasteiger partial charge on any atom is -0.348 e. The highest BCUT2D eigenvalue weighted by Crippen LogP contribution is 2.11. The normalized spacial score (nSPS) is 12.7. The number of benzene rings is 1. The van der Waals surface area contributed by atoms with Crippen molar-refractivity contribution in [3.05, 3.63) is 65.7 Å². The van der Waals surface area contributed by atoms with Crippen molar-refractivity contribution >= 4 is 11.9 Å². The maximum absolute atomic E-state index is 12.9. The summed E-state index contributed by atoms with van der Waals surface area (Å²) >= 11 is 0. The first-order chi connectivity index (χ1) is 13.0. The van der Waals surface area contributed by atoms with Crippen molar-refractivity contribution in [1.82, 2.24) is 20.9 Å². The Hall–Kier alpha value is -2.96. The van der Waals surface area contributed by atoms with Crippen LogP contribution >= 0.6 is 0 Å². The summed E-state index contributed by atoms with van der Waals surface area (Å²) in [5, 5.41) is 8.31. The molecule has 7 heteroatoms. The van der Waals surface area contributed by atoms with Gasteiger partial charge >= 0.3 is 6.03 Å². The van der Waals surface area contributed by atoms with Crippen LogP contribution in [-0.4, -0.2) is 23.0 Å². The molecule has 2 atom stereocenters. The smallest absolute Gasteiger partial charge is 0.315 e. The SMILES string of the molecule is CCCC(NC(=O)NCc1ccc(F)cc1)C(=O)NC(C)c1ccncc1. The highest BCUT2D eigenvalue weighted by molar-refractivity contribution is 5.87. The maximum Gasteiger partial charge on any atom is 0.315 e. The molecule has 1 heterocycles. The first-order valence-corrected chi connectivity index (χ1v) is 8.98. The van der Waals surface area contributed by atoms with Crippen molar-refractivity contribution in [3.8, 4) is 0 Å². The number of nitrogens with zero attached hydrogens (tertiary/aromatic N) is 1. The quantitative estimate of drug-likeness (QED) is 0.666. The molecule has 0 spiro atoms. The van der Waals surface area contributed by atoms with Crippen LogP contribution in [-0.2, 0) is 11.3 Å². The lowest BCUT2D eigenvalue weighted by atomic mass is 10.1. The second-order valence-corrected chi connectivity index (χ2v) is 6.31. The Bertz CT molecular complexity index is 737. The van der Waals surface area contributed by atoms with E-state index in [9.17, 15) is 14.0 Å². The van der Waals surface area contributed by atoms with E-state index in [-0.39, 0.29) is 24.3 Å². The molecule has 0 saturated heterocycles. The van der Waals surface area contributed by atoms with Gasteiger partial charge in [0.15, 0.2) is 0 Å². The molecular formula is C20H25FN4O2. The molecule has 0 fully saturated rings. The lowest BCUT2D eigenvalue weighted by molar-refractivity contribution is -0.123. The summed E-state index contributed by atoms with van der Waals surface area (Å²) in [6.45, 7) is 4.08. The van der Waals surface area contributed by atoms with Crippen LogP contribution in [0.5, 0.6) is 0 Å². The van der Waals surface area contributed by atoms with Gasteiger partial charge in [0.25, 0.3) is 0 Å². The molecule has 0 aliphatic rings. The fraction of sp³-hybridized carbons (Fsp3) is 0.350. The van der Waals surface area contributed by atoms with Crippen LogP contribution in [0.15, 0.2) is 48.8 Å². The number of urea groups is 1. The lowest BCUT2D eigenvalue weighted by Crippen LogP contribution is -2.50. The third kappa shape index (κ3) is 6.69. The van der Waals surface area contributed by atoms with Gasteiger partial charge in [-0.2, -0.15) is 0 Å². The summed E-state index contributed by atoms with van der Waals surface area (Å²) in [5.74, 6) is -0.565. The second-order valence-electron chi connectivity index (χ2n) is 6.31. The largest absolute Gasteiger partial charge is 0.348 e. The molecular weight excluding hydrogens is 347 g/mol. The van der Waals surface area contributed by atoms with Crippen LogP contribution in [0.25, 0.3) is 0 Å². The average molecular weight is 372 g/mol. The van der Waals surface area contributed by atoms with E-state index < -0.39 is 12.1 Å². The van der Waals surface area contributed by atoms with Gasteiger partial charge in [-0.25, -0.2) is 9.18 Å². The van der Waals surface area contributed by atoms with Gasteiger partial charge < -0.3 is 16.0 Å². The van der Waals surface area contributed by atoms with E-state index in [0.717, 1.165) is 17.5 Å². The Morgan fingerprint density at radius 3 is 2.37 bits per heavy atom. The van der Waals surface area contributed by atoms with Crippen molar-refractivity contribution in [1.29, 1.82) is 0 Å². The molecule has 0 aliphatic carbocycles. The number of hydrogen-bond donors (Lipinski definition) is 3. The molecule has 0 radical (unpaired) electrons. The van der Waals surface area contributed by atoms with Crippen LogP contribution in [0.4, 0.5) is 9.18 Å². The number of carbonyl (C=O) groups excluding carboxylic acids is 2. The van der Waals surface area contributed by atoms with Crippen molar-refractivity contribution in [2.75, 3.05) is 0 Å². The zero-order valence-electron chi connectivity index (χ0n) is 15.5. The van der Waals surface area contributed by atoms with Crippen molar-refractivity contribution in [3.63, 3.8) is 0 Å². The highest BCUT2D eigenvalue weighted by Gasteiger charge is 2.21. The zero-order chi connectivity index (χ0) is 19.6. The number of pyridine rings is 1. The Morgan fingerprint density at radius 1 is 1.07 bits per heavy atom. The zero-order valence-corrected chi connectivity index (χ0v) is 15.5. The first-order valence-electron chi connectivity index (χ1n) is 8.98. The van der Waals surface area contributed by atoms with E-state index in [1.807, 2.05) is 26.0 Å². The molecule has 3 amide bonds. The van der Waals surface area contributed by atoms with Crippen LogP contribution in [0.3, 0.4) is 0 Å². The monoisotopic (exact) mass is 372 g/mol. The molecule has 0 saturated carbocycles. The van der Waals surface area contributed by atoms with Gasteiger partial charge in [-0.05, 0) is 48.7 Å². The van der Waals surface area contributed by atoms with E-state index in [1.54, 1.807) is 24.5 Å². The summed E-state index contributed by atoms with van der Waals surface area (Å²) < 4.78 is 12.9. The summed E-state index contributed by atoms with van der Waals surface area (Å²) in [6.07, 6.45) is 4.62. The summed E-state index contributed by atoms with van der Waals surface area (Å²) in [7, 11) is 0. The topological polar surface area (TPSA) is 83.1 Å². The summed E-state index contributed by atoms with van der Waals surface area (Å²) in [4.78, 5) is 28.7. The van der Waals surface area contributed by atoms with Crippen LogP contribution in [0.2, 0.25) is 0 Å². The summed E-state index contributed by atoms with van der Waals surface area (Å²) in [6, 6.07) is 8.28. The maximum atomic E-state index is 12.9. The number of halogens is 1. The van der Waals surface area contributed by atoms with E-state index in [1.165, 1.54) is 12.1 Å². The fourth-order valence-electron chi connectivity index (χ4n) is 2.60. The van der Waals surface area contributed by atoms with Crippen LogP contribution < -0.4 is 16.0 Å². The number of nitrogens with one attached hydrogen (secondary N) is 3. The van der Waals surface area contributed by atoms with E-state index >= 15 is 0 Å². The molecule has 2 aromatic rings. The van der Waals surface area contributed by atoms with Gasteiger partial charge in [-0.3, -0.25) is 9.78 Å². The molecule has 3 N–H and O–H groups in total. The van der Waals surface area contributed by atoms with E-state index in [0.29, 0.717) is 6.42 Å². The van der Waals surface area contributed by atoms with Crippen molar-refractivity contribution in [2.24, 2.45) is 0 Å². The molecule has 0 aliphatic heterocycles.